The topological polar surface area (TPSA) is 17.1 Å². The van der Waals surface area contributed by atoms with Crippen LogP contribution in [-0.2, 0) is 4.79 Å². The van der Waals surface area contributed by atoms with Gasteiger partial charge in [-0.3, -0.25) is 4.79 Å². The highest BCUT2D eigenvalue weighted by Crippen LogP contribution is 2.35. The second-order valence-corrected chi connectivity index (χ2v) is 11.8. The van der Waals surface area contributed by atoms with Gasteiger partial charge in [0.15, 0.2) is 5.78 Å². The fourth-order valence-corrected chi connectivity index (χ4v) is 4.27. The summed E-state index contributed by atoms with van der Waals surface area (Å²) in [5, 5.41) is 0. The van der Waals surface area contributed by atoms with Crippen molar-refractivity contribution in [2.24, 2.45) is 5.92 Å². The van der Waals surface area contributed by atoms with Crippen molar-refractivity contribution in [1.82, 2.24) is 0 Å². The molecule has 0 heterocycles. The molecule has 0 N–H and O–H groups in total. The number of carbonyl (C=O) groups is 1. The predicted molar refractivity (Wildman–Crippen MR) is 77.9 cm³/mol. The highest BCUT2D eigenvalue weighted by atomic mass is 28.3. The molecule has 0 aromatic carbocycles. The first-order valence-corrected chi connectivity index (χ1v) is 9.98. The van der Waals surface area contributed by atoms with Gasteiger partial charge < -0.3 is 0 Å². The second kappa shape index (κ2) is 5.17. The summed E-state index contributed by atoms with van der Waals surface area (Å²) in [7, 11) is -1.08. The van der Waals surface area contributed by atoms with Crippen LogP contribution in [0.15, 0.2) is 36.0 Å². The van der Waals surface area contributed by atoms with Gasteiger partial charge in [-0.05, 0) is 36.5 Å². The van der Waals surface area contributed by atoms with Crippen LogP contribution in [0.5, 0.6) is 0 Å². The molecule has 1 rings (SSSR count). The molecule has 0 radical (unpaired) electrons. The summed E-state index contributed by atoms with van der Waals surface area (Å²) in [6.07, 6.45) is 3.46. The molecule has 1 unspecified atom stereocenters. The lowest BCUT2D eigenvalue weighted by atomic mass is 9.94. The minimum Gasteiger partial charge on any atom is -0.295 e. The lowest BCUT2D eigenvalue weighted by Crippen LogP contribution is -2.20. The van der Waals surface area contributed by atoms with Crippen LogP contribution in [0.1, 0.15) is 19.8 Å². The fourth-order valence-electron chi connectivity index (χ4n) is 2.63. The van der Waals surface area contributed by atoms with Crippen molar-refractivity contribution in [3.05, 3.63) is 36.0 Å². The molecule has 0 saturated heterocycles. The molecule has 0 amide bonds. The Hall–Kier alpha value is -0.893. The minimum atomic E-state index is -1.08. The number of carbonyl (C=O) groups excluding carboxylic acids is 1. The van der Waals surface area contributed by atoms with Crippen molar-refractivity contribution in [1.29, 1.82) is 0 Å². The first-order valence-electron chi connectivity index (χ1n) is 6.27. The molecular formula is C15H24OSi. The van der Waals surface area contributed by atoms with E-state index < -0.39 is 8.07 Å². The molecule has 0 spiro atoms. The monoisotopic (exact) mass is 248 g/mol. The van der Waals surface area contributed by atoms with Crippen molar-refractivity contribution < 1.29 is 4.79 Å². The van der Waals surface area contributed by atoms with Gasteiger partial charge in [-0.1, -0.05) is 37.9 Å². The van der Waals surface area contributed by atoms with Crippen molar-refractivity contribution in [2.45, 2.75) is 45.5 Å². The number of hydrogen-bond donors (Lipinski definition) is 0. The third-order valence-corrected chi connectivity index (χ3v) is 4.82. The molecule has 1 aliphatic carbocycles. The van der Waals surface area contributed by atoms with E-state index in [0.29, 0.717) is 12.3 Å². The number of rotatable bonds is 5. The highest BCUT2D eigenvalue weighted by Gasteiger charge is 2.28. The molecule has 0 saturated carbocycles. The first-order chi connectivity index (χ1) is 7.74. The van der Waals surface area contributed by atoms with Crippen molar-refractivity contribution in [2.75, 3.05) is 0 Å². The lowest BCUT2D eigenvalue weighted by Gasteiger charge is -2.20. The first kappa shape index (κ1) is 14.2. The SMILES string of the molecule is C=CC1=C(C)C(=O)CC1CC(=C)C[Si](C)(C)C. The summed E-state index contributed by atoms with van der Waals surface area (Å²) in [5.74, 6) is 0.620. The second-order valence-electron chi connectivity index (χ2n) is 6.30. The zero-order valence-corrected chi connectivity index (χ0v) is 12.6. The van der Waals surface area contributed by atoms with Gasteiger partial charge in [0.25, 0.3) is 0 Å². The summed E-state index contributed by atoms with van der Waals surface area (Å²) >= 11 is 0. The molecule has 17 heavy (non-hydrogen) atoms. The maximum absolute atomic E-state index is 11.7. The molecule has 0 fully saturated rings. The Kier molecular flexibility index (Phi) is 4.31. The van der Waals surface area contributed by atoms with Gasteiger partial charge in [0.05, 0.1) is 0 Å². The van der Waals surface area contributed by atoms with Gasteiger partial charge in [0.2, 0.25) is 0 Å². The number of allylic oxidation sites excluding steroid dienone is 4. The molecule has 1 nitrogen and oxygen atoms in total. The molecule has 94 valence electrons. The summed E-state index contributed by atoms with van der Waals surface area (Å²) in [6.45, 7) is 17.0. The fraction of sp³-hybridized carbons (Fsp3) is 0.533. The number of hydrogen-bond acceptors (Lipinski definition) is 1. The zero-order chi connectivity index (χ0) is 13.2. The van der Waals surface area contributed by atoms with Crippen molar-refractivity contribution in [3.8, 4) is 0 Å². The molecule has 1 atom stereocenters. The van der Waals surface area contributed by atoms with Gasteiger partial charge in [-0.25, -0.2) is 0 Å². The van der Waals surface area contributed by atoms with Gasteiger partial charge >= 0.3 is 0 Å². The van der Waals surface area contributed by atoms with Crippen LogP contribution in [0, 0.1) is 5.92 Å². The smallest absolute Gasteiger partial charge is 0.159 e. The van der Waals surface area contributed by atoms with E-state index in [1.165, 1.54) is 5.57 Å². The van der Waals surface area contributed by atoms with Crippen LogP contribution in [0.3, 0.4) is 0 Å². The van der Waals surface area contributed by atoms with Crippen LogP contribution in [0.25, 0.3) is 0 Å². The van der Waals surface area contributed by atoms with E-state index >= 15 is 0 Å². The molecule has 0 aromatic heterocycles. The number of Topliss-reactive ketones (excluding diaryl/α,β-unsaturated/α-hetero) is 1. The summed E-state index contributed by atoms with van der Waals surface area (Å²) in [4.78, 5) is 11.7. The Morgan fingerprint density at radius 1 is 1.47 bits per heavy atom. The normalized spacial score (nSPS) is 20.9. The Labute approximate surface area is 106 Å². The van der Waals surface area contributed by atoms with Crippen molar-refractivity contribution >= 4 is 13.9 Å². The molecule has 0 aliphatic heterocycles. The van der Waals surface area contributed by atoms with Crippen molar-refractivity contribution in [3.63, 3.8) is 0 Å². The average molecular weight is 248 g/mol. The van der Waals surface area contributed by atoms with E-state index in [4.69, 9.17) is 0 Å². The molecule has 1 aliphatic rings. The van der Waals surface area contributed by atoms with Crippen LogP contribution < -0.4 is 0 Å². The predicted octanol–water partition coefficient (Wildman–Crippen LogP) is 4.36. The maximum Gasteiger partial charge on any atom is 0.159 e. The van der Waals surface area contributed by atoms with Crippen LogP contribution in [0.4, 0.5) is 0 Å². The maximum atomic E-state index is 11.7. The van der Waals surface area contributed by atoms with E-state index in [1.54, 1.807) is 0 Å². The largest absolute Gasteiger partial charge is 0.295 e. The van der Waals surface area contributed by atoms with E-state index in [0.717, 1.165) is 23.6 Å². The van der Waals surface area contributed by atoms with Crippen LogP contribution in [-0.4, -0.2) is 13.9 Å². The van der Waals surface area contributed by atoms with Gasteiger partial charge in [-0.15, -0.1) is 6.58 Å². The van der Waals surface area contributed by atoms with Gasteiger partial charge in [0.1, 0.15) is 0 Å². The van der Waals surface area contributed by atoms with E-state index in [2.05, 4.69) is 32.8 Å². The van der Waals surface area contributed by atoms with Crippen LogP contribution in [0.2, 0.25) is 25.7 Å². The summed E-state index contributed by atoms with van der Waals surface area (Å²) in [5.41, 5.74) is 3.36. The van der Waals surface area contributed by atoms with E-state index in [9.17, 15) is 4.79 Å². The average Bonchev–Trinajstić information content (AvgIpc) is 2.39. The molecular weight excluding hydrogens is 224 g/mol. The standard InChI is InChI=1S/C15H24OSi/c1-7-14-12(3)15(16)9-13(14)8-11(2)10-17(4,5)6/h7,13H,1-2,8-10H2,3-6H3. The Balaban J connectivity index is 2.68. The Morgan fingerprint density at radius 3 is 2.53 bits per heavy atom. The summed E-state index contributed by atoms with van der Waals surface area (Å²) < 4.78 is 0. The molecule has 0 bridgehead atoms. The molecule has 2 heteroatoms. The summed E-state index contributed by atoms with van der Waals surface area (Å²) in [6, 6.07) is 1.15. The third-order valence-electron chi connectivity index (χ3n) is 3.26. The quantitative estimate of drug-likeness (QED) is 0.522. The number of ketones is 1. The van der Waals surface area contributed by atoms with E-state index in [-0.39, 0.29) is 5.78 Å². The van der Waals surface area contributed by atoms with Gasteiger partial charge in [-0.2, -0.15) is 0 Å². The minimum absolute atomic E-state index is 0.283. The Bertz CT molecular complexity index is 382. The van der Waals surface area contributed by atoms with Gasteiger partial charge in [0, 0.05) is 14.5 Å². The zero-order valence-electron chi connectivity index (χ0n) is 11.6. The molecule has 0 aromatic rings. The third kappa shape index (κ3) is 3.81. The Morgan fingerprint density at radius 2 is 2.06 bits per heavy atom. The lowest BCUT2D eigenvalue weighted by molar-refractivity contribution is -0.115. The van der Waals surface area contributed by atoms with E-state index in [1.807, 2.05) is 13.0 Å². The van der Waals surface area contributed by atoms with Crippen LogP contribution >= 0.6 is 0 Å². The highest BCUT2D eigenvalue weighted by molar-refractivity contribution is 6.76.